The molecule has 11 heteroatoms. The Bertz CT molecular complexity index is 1280. The van der Waals surface area contributed by atoms with Crippen molar-refractivity contribution in [3.8, 4) is 11.5 Å². The van der Waals surface area contributed by atoms with E-state index < -0.39 is 0 Å². The van der Waals surface area contributed by atoms with E-state index in [9.17, 15) is 0 Å². The monoisotopic (exact) mass is 583 g/mol. The second-order valence-corrected chi connectivity index (χ2v) is 10.7. The Labute approximate surface area is 245 Å². The van der Waals surface area contributed by atoms with Gasteiger partial charge in [-0.25, -0.2) is 5.43 Å². The van der Waals surface area contributed by atoms with Gasteiger partial charge in [-0.2, -0.15) is 20.1 Å². The molecule has 2 saturated heterocycles. The van der Waals surface area contributed by atoms with Crippen molar-refractivity contribution in [1.82, 2.24) is 15.0 Å². The molecule has 1 aromatic heterocycles. The molecule has 0 bridgehead atoms. The lowest BCUT2D eigenvalue weighted by Crippen LogP contribution is -2.34. The van der Waals surface area contributed by atoms with Crippen molar-refractivity contribution in [2.45, 2.75) is 52.1 Å². The van der Waals surface area contributed by atoms with Crippen LogP contribution < -0.4 is 24.7 Å². The summed E-state index contributed by atoms with van der Waals surface area (Å²) in [6.07, 6.45) is 8.82. The number of aromatic nitrogens is 3. The summed E-state index contributed by atoms with van der Waals surface area (Å²) in [5, 5.41) is 5.58. The van der Waals surface area contributed by atoms with Gasteiger partial charge in [-0.3, -0.25) is 0 Å². The third-order valence-corrected chi connectivity index (χ3v) is 7.52. The summed E-state index contributed by atoms with van der Waals surface area (Å²) in [6, 6.07) is 11.0. The SMILES string of the molecule is CCOc1cc(/C=N\Nc2nc(N3CCCCC3)nc(N3CCCCC3)n2)ccc1OCc1ccc(Cl)cc1Cl. The summed E-state index contributed by atoms with van der Waals surface area (Å²) < 4.78 is 11.9. The van der Waals surface area contributed by atoms with Crippen molar-refractivity contribution in [2.75, 3.05) is 48.0 Å². The zero-order valence-corrected chi connectivity index (χ0v) is 24.3. The number of anilines is 3. The average Bonchev–Trinajstić information content (AvgIpc) is 2.98. The lowest BCUT2D eigenvalue weighted by molar-refractivity contribution is 0.269. The lowest BCUT2D eigenvalue weighted by atomic mass is 10.1. The molecule has 2 aromatic carbocycles. The molecule has 0 atom stereocenters. The third kappa shape index (κ3) is 7.46. The molecule has 2 aliphatic heterocycles. The minimum Gasteiger partial charge on any atom is -0.490 e. The van der Waals surface area contributed by atoms with Gasteiger partial charge < -0.3 is 19.3 Å². The van der Waals surface area contributed by atoms with Crippen LogP contribution in [0.1, 0.15) is 56.6 Å². The van der Waals surface area contributed by atoms with E-state index in [1.54, 1.807) is 18.3 Å². The zero-order chi connectivity index (χ0) is 27.7. The topological polar surface area (TPSA) is 88.0 Å². The van der Waals surface area contributed by atoms with E-state index >= 15 is 0 Å². The number of rotatable bonds is 10. The van der Waals surface area contributed by atoms with E-state index in [0.717, 1.165) is 63.0 Å². The fourth-order valence-corrected chi connectivity index (χ4v) is 5.29. The Morgan fingerprint density at radius 3 is 2.12 bits per heavy atom. The molecule has 5 rings (SSSR count). The Hall–Kier alpha value is -3.30. The van der Waals surface area contributed by atoms with E-state index in [4.69, 9.17) is 47.6 Å². The van der Waals surface area contributed by atoms with Crippen molar-refractivity contribution >= 4 is 47.3 Å². The second kappa shape index (κ2) is 13.9. The van der Waals surface area contributed by atoms with Gasteiger partial charge in [0.25, 0.3) is 0 Å². The molecule has 40 heavy (non-hydrogen) atoms. The standard InChI is InChI=1S/C29H35Cl2N7O2/c1-2-39-26-17-21(9-12-25(26)40-20-22-10-11-23(30)18-24(22)31)19-32-36-27-33-28(37-13-5-3-6-14-37)35-29(34-27)38-15-7-4-8-16-38/h9-12,17-19H,2-8,13-16,20H2,1H3,(H,33,34,35,36)/b32-19-. The maximum atomic E-state index is 6.30. The van der Waals surface area contributed by atoms with Crippen molar-refractivity contribution in [3.63, 3.8) is 0 Å². The molecular weight excluding hydrogens is 549 g/mol. The average molecular weight is 585 g/mol. The quantitative estimate of drug-likeness (QED) is 0.211. The minimum atomic E-state index is 0.295. The van der Waals surface area contributed by atoms with Crippen molar-refractivity contribution in [3.05, 3.63) is 57.6 Å². The molecule has 3 heterocycles. The van der Waals surface area contributed by atoms with Gasteiger partial charge >= 0.3 is 0 Å². The second-order valence-electron chi connectivity index (χ2n) is 9.89. The predicted molar refractivity (Wildman–Crippen MR) is 162 cm³/mol. The van der Waals surface area contributed by atoms with Crippen molar-refractivity contribution in [1.29, 1.82) is 0 Å². The summed E-state index contributed by atoms with van der Waals surface area (Å²) in [4.78, 5) is 18.7. The van der Waals surface area contributed by atoms with E-state index in [2.05, 4.69) is 20.3 Å². The van der Waals surface area contributed by atoms with Gasteiger partial charge in [-0.05, 0) is 81.3 Å². The zero-order valence-electron chi connectivity index (χ0n) is 22.8. The van der Waals surface area contributed by atoms with Gasteiger partial charge in [0, 0.05) is 41.8 Å². The van der Waals surface area contributed by atoms with Gasteiger partial charge in [0.15, 0.2) is 11.5 Å². The first kappa shape index (κ1) is 28.2. The molecule has 0 aliphatic carbocycles. The predicted octanol–water partition coefficient (Wildman–Crippen LogP) is 6.58. The maximum absolute atomic E-state index is 6.30. The highest BCUT2D eigenvalue weighted by molar-refractivity contribution is 6.35. The molecule has 0 spiro atoms. The van der Waals surface area contributed by atoms with Gasteiger partial charge in [0.1, 0.15) is 6.61 Å². The molecule has 2 aliphatic rings. The molecule has 3 aromatic rings. The Balaban J connectivity index is 1.30. The third-order valence-electron chi connectivity index (χ3n) is 6.93. The highest BCUT2D eigenvalue weighted by Crippen LogP contribution is 2.30. The van der Waals surface area contributed by atoms with E-state index in [1.165, 1.54) is 12.8 Å². The van der Waals surface area contributed by atoms with E-state index in [1.807, 2.05) is 31.2 Å². The first-order chi connectivity index (χ1) is 19.6. The minimum absolute atomic E-state index is 0.295. The summed E-state index contributed by atoms with van der Waals surface area (Å²) in [5.41, 5.74) is 4.72. The van der Waals surface area contributed by atoms with Crippen molar-refractivity contribution < 1.29 is 9.47 Å². The molecule has 2 fully saturated rings. The van der Waals surface area contributed by atoms with E-state index in [-0.39, 0.29) is 0 Å². The number of benzene rings is 2. The first-order valence-corrected chi connectivity index (χ1v) is 14.7. The number of nitrogens with one attached hydrogen (secondary N) is 1. The van der Waals surface area contributed by atoms with Crippen LogP contribution in [0.2, 0.25) is 10.0 Å². The molecule has 0 radical (unpaired) electrons. The summed E-state index contributed by atoms with van der Waals surface area (Å²) in [5.74, 6) is 3.12. The van der Waals surface area contributed by atoms with Crippen LogP contribution in [0.3, 0.4) is 0 Å². The van der Waals surface area contributed by atoms with Crippen LogP contribution in [-0.4, -0.2) is 54.0 Å². The van der Waals surface area contributed by atoms with Crippen molar-refractivity contribution in [2.24, 2.45) is 5.10 Å². The Morgan fingerprint density at radius 1 is 0.825 bits per heavy atom. The normalized spacial score (nSPS) is 15.9. The van der Waals surface area contributed by atoms with Gasteiger partial charge in [-0.1, -0.05) is 29.3 Å². The maximum Gasteiger partial charge on any atom is 0.250 e. The largest absolute Gasteiger partial charge is 0.490 e. The number of halogens is 2. The number of hydrazone groups is 1. The first-order valence-electron chi connectivity index (χ1n) is 14.0. The smallest absolute Gasteiger partial charge is 0.250 e. The van der Waals surface area contributed by atoms with Crippen LogP contribution in [0, 0.1) is 0 Å². The highest BCUT2D eigenvalue weighted by Gasteiger charge is 2.20. The number of ether oxygens (including phenoxy) is 2. The lowest BCUT2D eigenvalue weighted by Gasteiger charge is -2.30. The number of piperidine rings is 2. The highest BCUT2D eigenvalue weighted by atomic mass is 35.5. The van der Waals surface area contributed by atoms with Crippen LogP contribution in [0.4, 0.5) is 17.8 Å². The number of hydrogen-bond acceptors (Lipinski definition) is 9. The molecule has 1 N–H and O–H groups in total. The number of nitrogens with zero attached hydrogens (tertiary/aromatic N) is 6. The van der Waals surface area contributed by atoms with Crippen LogP contribution in [-0.2, 0) is 6.61 Å². The Kier molecular flexibility index (Phi) is 9.78. The van der Waals surface area contributed by atoms with Gasteiger partial charge in [0.05, 0.1) is 12.8 Å². The van der Waals surface area contributed by atoms with Gasteiger partial charge in [0.2, 0.25) is 17.8 Å². The summed E-state index contributed by atoms with van der Waals surface area (Å²) in [6.45, 7) is 6.58. The van der Waals surface area contributed by atoms with Gasteiger partial charge in [-0.15, -0.1) is 0 Å². The number of hydrogen-bond donors (Lipinski definition) is 1. The fourth-order valence-electron chi connectivity index (χ4n) is 4.83. The van der Waals surface area contributed by atoms with Crippen LogP contribution in [0.5, 0.6) is 11.5 Å². The molecule has 0 amide bonds. The van der Waals surface area contributed by atoms with Crippen LogP contribution in [0.25, 0.3) is 0 Å². The van der Waals surface area contributed by atoms with E-state index in [0.29, 0.717) is 52.6 Å². The summed E-state index contributed by atoms with van der Waals surface area (Å²) >= 11 is 12.3. The molecule has 0 unspecified atom stereocenters. The molecule has 212 valence electrons. The Morgan fingerprint density at radius 2 is 1.50 bits per heavy atom. The molecule has 9 nitrogen and oxygen atoms in total. The molecule has 0 saturated carbocycles. The molecular formula is C29H35Cl2N7O2. The van der Waals surface area contributed by atoms with Crippen LogP contribution >= 0.6 is 23.2 Å². The summed E-state index contributed by atoms with van der Waals surface area (Å²) in [7, 11) is 0. The van der Waals surface area contributed by atoms with Crippen LogP contribution in [0.15, 0.2) is 41.5 Å². The fraction of sp³-hybridized carbons (Fsp3) is 0.448.